The molecular formula is C27H25N3O5. The van der Waals surface area contributed by atoms with E-state index in [2.05, 4.69) is 10.6 Å². The maximum atomic E-state index is 12.5. The molecule has 1 heterocycles. The fraction of sp³-hybridized carbons (Fsp3) is 0.148. The number of ether oxygens (including phenoxy) is 3. The molecule has 0 bridgehead atoms. The lowest BCUT2D eigenvalue weighted by molar-refractivity contribution is -0.142. The molecule has 0 aliphatic heterocycles. The second-order valence-electron chi connectivity index (χ2n) is 7.78. The Labute approximate surface area is 202 Å². The standard InChI is InChI=1S/C27H25N3O5/c1-17-4-6-18(7-5-17)24-15-25(35-16-26(31)34-3)22-14-20(10-13-23(22)30-24)29-27(32)28-19-8-11-21(33-2)12-9-19/h4-15H,16H2,1-3H3,(H2,28,29,32). The summed E-state index contributed by atoms with van der Waals surface area (Å²) < 4.78 is 15.6. The summed E-state index contributed by atoms with van der Waals surface area (Å²) in [5.74, 6) is 0.651. The fourth-order valence-electron chi connectivity index (χ4n) is 3.43. The Hall–Kier alpha value is -4.59. The molecule has 0 radical (unpaired) electrons. The normalized spacial score (nSPS) is 10.5. The Kier molecular flexibility index (Phi) is 7.11. The van der Waals surface area contributed by atoms with Gasteiger partial charge in [-0.1, -0.05) is 29.8 Å². The molecule has 0 aliphatic rings. The second kappa shape index (κ2) is 10.6. The lowest BCUT2D eigenvalue weighted by atomic mass is 10.1. The van der Waals surface area contributed by atoms with Crippen molar-refractivity contribution in [2.75, 3.05) is 31.5 Å². The van der Waals surface area contributed by atoms with Crippen molar-refractivity contribution in [2.24, 2.45) is 0 Å². The van der Waals surface area contributed by atoms with Gasteiger partial charge in [0.25, 0.3) is 0 Å². The topological polar surface area (TPSA) is 98.8 Å². The van der Waals surface area contributed by atoms with Crippen molar-refractivity contribution < 1.29 is 23.8 Å². The number of carbonyl (C=O) groups excluding carboxylic acids is 2. The number of anilines is 2. The molecule has 4 rings (SSSR count). The van der Waals surface area contributed by atoms with Gasteiger partial charge in [0.15, 0.2) is 6.61 Å². The number of aromatic nitrogens is 1. The third-order valence-corrected chi connectivity index (χ3v) is 5.30. The molecule has 0 saturated heterocycles. The van der Waals surface area contributed by atoms with Crippen molar-refractivity contribution in [1.82, 2.24) is 4.98 Å². The van der Waals surface area contributed by atoms with E-state index in [9.17, 15) is 9.59 Å². The van der Waals surface area contributed by atoms with Gasteiger partial charge >= 0.3 is 12.0 Å². The Morgan fingerprint density at radius 3 is 2.23 bits per heavy atom. The van der Waals surface area contributed by atoms with Crippen LogP contribution in [-0.2, 0) is 9.53 Å². The van der Waals surface area contributed by atoms with Gasteiger partial charge in [-0.15, -0.1) is 0 Å². The first-order valence-electron chi connectivity index (χ1n) is 10.9. The van der Waals surface area contributed by atoms with Crippen molar-refractivity contribution in [3.63, 3.8) is 0 Å². The van der Waals surface area contributed by atoms with Gasteiger partial charge in [-0.2, -0.15) is 0 Å². The average molecular weight is 472 g/mol. The van der Waals surface area contributed by atoms with Crippen molar-refractivity contribution >= 4 is 34.3 Å². The number of pyridine rings is 1. The monoisotopic (exact) mass is 471 g/mol. The number of carbonyl (C=O) groups is 2. The lowest BCUT2D eigenvalue weighted by Crippen LogP contribution is -2.19. The number of aryl methyl sites for hydroxylation is 1. The van der Waals surface area contributed by atoms with Crippen LogP contribution in [0.25, 0.3) is 22.2 Å². The van der Waals surface area contributed by atoms with Gasteiger partial charge in [0.05, 0.1) is 25.4 Å². The Morgan fingerprint density at radius 2 is 1.54 bits per heavy atom. The number of methoxy groups -OCH3 is 2. The Bertz CT molecular complexity index is 1350. The lowest BCUT2D eigenvalue weighted by Gasteiger charge is -2.13. The number of rotatable bonds is 7. The van der Waals surface area contributed by atoms with Crippen LogP contribution in [0.1, 0.15) is 5.56 Å². The van der Waals surface area contributed by atoms with Gasteiger partial charge in [-0.05, 0) is 49.4 Å². The number of hydrogen-bond donors (Lipinski definition) is 2. The highest BCUT2D eigenvalue weighted by molar-refractivity contribution is 6.01. The first-order valence-corrected chi connectivity index (χ1v) is 10.9. The summed E-state index contributed by atoms with van der Waals surface area (Å²) in [4.78, 5) is 29.0. The summed E-state index contributed by atoms with van der Waals surface area (Å²) in [6.07, 6.45) is 0. The smallest absolute Gasteiger partial charge is 0.343 e. The number of fused-ring (bicyclic) bond motifs is 1. The maximum absolute atomic E-state index is 12.5. The van der Waals surface area contributed by atoms with Crippen LogP contribution in [0.2, 0.25) is 0 Å². The van der Waals surface area contributed by atoms with Gasteiger partial charge in [0.2, 0.25) is 0 Å². The van der Waals surface area contributed by atoms with Crippen LogP contribution in [-0.4, -0.2) is 37.8 Å². The maximum Gasteiger partial charge on any atom is 0.343 e. The SMILES string of the molecule is COC(=O)COc1cc(-c2ccc(C)cc2)nc2ccc(NC(=O)Nc3ccc(OC)cc3)cc12. The number of urea groups is 1. The number of nitrogens with one attached hydrogen (secondary N) is 2. The number of benzene rings is 3. The van der Waals surface area contributed by atoms with E-state index >= 15 is 0 Å². The van der Waals surface area contributed by atoms with Crippen molar-refractivity contribution in [3.05, 3.63) is 78.4 Å². The molecule has 0 fully saturated rings. The van der Waals surface area contributed by atoms with E-state index in [0.717, 1.165) is 11.1 Å². The largest absolute Gasteiger partial charge is 0.497 e. The van der Waals surface area contributed by atoms with Crippen LogP contribution in [0, 0.1) is 6.92 Å². The number of nitrogens with zero attached hydrogens (tertiary/aromatic N) is 1. The van der Waals surface area contributed by atoms with E-state index in [1.54, 1.807) is 55.6 Å². The highest BCUT2D eigenvalue weighted by atomic mass is 16.6. The first kappa shape index (κ1) is 23.6. The quantitative estimate of drug-likeness (QED) is 0.350. The molecule has 0 aliphatic carbocycles. The third kappa shape index (κ3) is 5.86. The zero-order chi connectivity index (χ0) is 24.8. The molecule has 1 aromatic heterocycles. The molecule has 3 aromatic carbocycles. The van der Waals surface area contributed by atoms with E-state index in [-0.39, 0.29) is 6.61 Å². The van der Waals surface area contributed by atoms with Crippen molar-refractivity contribution in [1.29, 1.82) is 0 Å². The minimum atomic E-state index is -0.500. The average Bonchev–Trinajstić information content (AvgIpc) is 2.87. The summed E-state index contributed by atoms with van der Waals surface area (Å²) in [6.45, 7) is 1.76. The predicted molar refractivity (Wildman–Crippen MR) is 135 cm³/mol. The molecule has 2 amide bonds. The van der Waals surface area contributed by atoms with Crippen LogP contribution in [0.3, 0.4) is 0 Å². The van der Waals surface area contributed by atoms with Gasteiger partial charge in [0, 0.05) is 28.4 Å². The summed E-state index contributed by atoms with van der Waals surface area (Å²) >= 11 is 0. The molecule has 35 heavy (non-hydrogen) atoms. The van der Waals surface area contributed by atoms with E-state index in [0.29, 0.717) is 39.5 Å². The molecule has 0 spiro atoms. The minimum Gasteiger partial charge on any atom is -0.497 e. The molecule has 178 valence electrons. The molecule has 2 N–H and O–H groups in total. The van der Waals surface area contributed by atoms with Crippen molar-refractivity contribution in [3.8, 4) is 22.8 Å². The molecule has 0 unspecified atom stereocenters. The molecular weight excluding hydrogens is 446 g/mol. The predicted octanol–water partition coefficient (Wildman–Crippen LogP) is 5.41. The van der Waals surface area contributed by atoms with E-state index in [1.165, 1.54) is 7.11 Å². The van der Waals surface area contributed by atoms with E-state index in [4.69, 9.17) is 19.2 Å². The number of amides is 2. The number of esters is 1. The van der Waals surface area contributed by atoms with Crippen LogP contribution in [0.5, 0.6) is 11.5 Å². The van der Waals surface area contributed by atoms with Crippen LogP contribution in [0.4, 0.5) is 16.2 Å². The second-order valence-corrected chi connectivity index (χ2v) is 7.78. The molecule has 0 atom stereocenters. The summed E-state index contributed by atoms with van der Waals surface area (Å²) in [7, 11) is 2.88. The van der Waals surface area contributed by atoms with Gasteiger partial charge in [-0.25, -0.2) is 14.6 Å². The van der Waals surface area contributed by atoms with E-state index < -0.39 is 12.0 Å². The van der Waals surface area contributed by atoms with Crippen LogP contribution >= 0.6 is 0 Å². The third-order valence-electron chi connectivity index (χ3n) is 5.30. The summed E-state index contributed by atoms with van der Waals surface area (Å²) in [5, 5.41) is 6.23. The van der Waals surface area contributed by atoms with E-state index in [1.807, 2.05) is 31.2 Å². The van der Waals surface area contributed by atoms with Crippen molar-refractivity contribution in [2.45, 2.75) is 6.92 Å². The zero-order valence-corrected chi connectivity index (χ0v) is 19.6. The first-order chi connectivity index (χ1) is 16.9. The molecule has 8 heteroatoms. The molecule has 0 saturated carbocycles. The minimum absolute atomic E-state index is 0.251. The van der Waals surface area contributed by atoms with Crippen LogP contribution < -0.4 is 20.1 Å². The Morgan fingerprint density at radius 1 is 0.857 bits per heavy atom. The molecule has 8 nitrogen and oxygen atoms in total. The Balaban J connectivity index is 1.62. The zero-order valence-electron chi connectivity index (χ0n) is 19.6. The van der Waals surface area contributed by atoms with Gasteiger partial charge in [0.1, 0.15) is 11.5 Å². The summed E-state index contributed by atoms with van der Waals surface area (Å²) in [6, 6.07) is 21.6. The highest BCUT2D eigenvalue weighted by Crippen LogP contribution is 2.32. The van der Waals surface area contributed by atoms with Crippen LogP contribution in [0.15, 0.2) is 72.8 Å². The fourth-order valence-corrected chi connectivity index (χ4v) is 3.43. The molecule has 4 aromatic rings. The highest BCUT2D eigenvalue weighted by Gasteiger charge is 2.13. The van der Waals surface area contributed by atoms with Gasteiger partial charge in [-0.3, -0.25) is 0 Å². The summed E-state index contributed by atoms with van der Waals surface area (Å²) in [5.41, 5.74) is 4.58. The number of hydrogen-bond acceptors (Lipinski definition) is 6. The van der Waals surface area contributed by atoms with Gasteiger partial charge < -0.3 is 24.8 Å².